The van der Waals surface area contributed by atoms with Crippen molar-refractivity contribution in [2.75, 3.05) is 11.9 Å². The lowest BCUT2D eigenvalue weighted by Gasteiger charge is -2.17. The van der Waals surface area contributed by atoms with Crippen LogP contribution in [0, 0.1) is 0 Å². The maximum atomic E-state index is 11.8. The minimum atomic E-state index is 0.00289. The SMILES string of the molecule is O=C1C[NH2+][C@H](c2ccccc2Cl)c2cc(Br)ccc2N1. The van der Waals surface area contributed by atoms with Gasteiger partial charge in [-0.25, -0.2) is 0 Å². The predicted molar refractivity (Wildman–Crippen MR) is 82.9 cm³/mol. The van der Waals surface area contributed by atoms with Gasteiger partial charge in [0.2, 0.25) is 0 Å². The van der Waals surface area contributed by atoms with Crippen molar-refractivity contribution in [3.05, 3.63) is 63.1 Å². The molecule has 0 saturated heterocycles. The molecule has 20 heavy (non-hydrogen) atoms. The van der Waals surface area contributed by atoms with E-state index >= 15 is 0 Å². The summed E-state index contributed by atoms with van der Waals surface area (Å²) in [5.41, 5.74) is 2.92. The maximum absolute atomic E-state index is 11.8. The molecule has 0 radical (unpaired) electrons. The molecular weight excluding hydrogens is 340 g/mol. The van der Waals surface area contributed by atoms with Gasteiger partial charge in [-0.15, -0.1) is 0 Å². The molecule has 1 amide bonds. The van der Waals surface area contributed by atoms with Crippen LogP contribution in [-0.2, 0) is 4.79 Å². The van der Waals surface area contributed by atoms with Crippen LogP contribution >= 0.6 is 27.5 Å². The third-order valence-corrected chi connectivity index (χ3v) is 4.24. The minimum Gasteiger partial charge on any atom is -0.328 e. The second kappa shape index (κ2) is 5.56. The summed E-state index contributed by atoms with van der Waals surface area (Å²) in [6.07, 6.45) is 0. The standard InChI is InChI=1S/C15H12BrClN2O/c16-9-5-6-13-11(7-9)15(18-8-14(20)19-13)10-3-1-2-4-12(10)17/h1-7,15,18H,8H2,(H,19,20)/p+1/t15-/m1/s1. The summed E-state index contributed by atoms with van der Waals surface area (Å²) < 4.78 is 0.984. The average molecular weight is 353 g/mol. The molecular formula is C15H13BrClN2O+. The number of amides is 1. The lowest BCUT2D eigenvalue weighted by atomic mass is 9.97. The van der Waals surface area contributed by atoms with Gasteiger partial charge in [-0.1, -0.05) is 45.7 Å². The van der Waals surface area contributed by atoms with Gasteiger partial charge < -0.3 is 10.6 Å². The molecule has 0 spiro atoms. The molecule has 1 heterocycles. The summed E-state index contributed by atoms with van der Waals surface area (Å²) in [5, 5.41) is 5.66. The van der Waals surface area contributed by atoms with Crippen molar-refractivity contribution < 1.29 is 10.1 Å². The number of quaternary nitrogens is 1. The Balaban J connectivity index is 2.15. The Bertz CT molecular complexity index is 675. The van der Waals surface area contributed by atoms with Gasteiger partial charge in [0.1, 0.15) is 6.04 Å². The summed E-state index contributed by atoms with van der Waals surface area (Å²) in [6, 6.07) is 13.6. The summed E-state index contributed by atoms with van der Waals surface area (Å²) >= 11 is 9.81. The van der Waals surface area contributed by atoms with Crippen molar-refractivity contribution in [1.29, 1.82) is 0 Å². The highest BCUT2D eigenvalue weighted by atomic mass is 79.9. The molecule has 2 aromatic rings. The third-order valence-electron chi connectivity index (χ3n) is 3.40. The zero-order valence-corrected chi connectivity index (χ0v) is 12.9. The van der Waals surface area contributed by atoms with E-state index < -0.39 is 0 Å². The van der Waals surface area contributed by atoms with E-state index in [2.05, 4.69) is 21.2 Å². The van der Waals surface area contributed by atoms with E-state index in [4.69, 9.17) is 11.6 Å². The first-order chi connectivity index (χ1) is 9.65. The molecule has 0 aliphatic carbocycles. The molecule has 0 aromatic heterocycles. The molecule has 0 unspecified atom stereocenters. The lowest BCUT2D eigenvalue weighted by molar-refractivity contribution is -0.675. The Labute approximate surface area is 130 Å². The molecule has 3 rings (SSSR count). The van der Waals surface area contributed by atoms with Gasteiger partial charge in [0.15, 0.2) is 6.54 Å². The molecule has 2 aromatic carbocycles. The van der Waals surface area contributed by atoms with Crippen molar-refractivity contribution >= 4 is 39.1 Å². The molecule has 0 saturated carbocycles. The first-order valence-corrected chi connectivity index (χ1v) is 7.49. The van der Waals surface area contributed by atoms with Crippen LogP contribution < -0.4 is 10.6 Å². The number of nitrogens with one attached hydrogen (secondary N) is 1. The molecule has 102 valence electrons. The smallest absolute Gasteiger partial charge is 0.279 e. The van der Waals surface area contributed by atoms with E-state index in [1.54, 1.807) is 0 Å². The normalized spacial score (nSPS) is 18.1. The third kappa shape index (κ3) is 2.59. The van der Waals surface area contributed by atoms with Gasteiger partial charge in [-0.3, -0.25) is 4.79 Å². The van der Waals surface area contributed by atoms with Crippen molar-refractivity contribution in [2.24, 2.45) is 0 Å². The highest BCUT2D eigenvalue weighted by molar-refractivity contribution is 9.10. The maximum Gasteiger partial charge on any atom is 0.279 e. The number of nitrogens with two attached hydrogens (primary N) is 1. The zero-order valence-electron chi connectivity index (χ0n) is 10.6. The quantitative estimate of drug-likeness (QED) is 0.814. The Hall–Kier alpha value is -1.36. The van der Waals surface area contributed by atoms with Crippen LogP contribution in [0.2, 0.25) is 5.02 Å². The topological polar surface area (TPSA) is 45.7 Å². The number of fused-ring (bicyclic) bond motifs is 1. The Kier molecular flexibility index (Phi) is 3.78. The Morgan fingerprint density at radius 2 is 2.00 bits per heavy atom. The largest absolute Gasteiger partial charge is 0.328 e. The number of benzene rings is 2. The van der Waals surface area contributed by atoms with Crippen molar-refractivity contribution in [2.45, 2.75) is 6.04 Å². The van der Waals surface area contributed by atoms with E-state index in [-0.39, 0.29) is 11.9 Å². The first kappa shape index (κ1) is 13.6. The molecule has 3 nitrogen and oxygen atoms in total. The summed E-state index contributed by atoms with van der Waals surface area (Å²) in [6.45, 7) is 0.377. The summed E-state index contributed by atoms with van der Waals surface area (Å²) in [4.78, 5) is 11.8. The fraction of sp³-hybridized carbons (Fsp3) is 0.133. The van der Waals surface area contributed by atoms with Crippen LogP contribution in [-0.4, -0.2) is 12.5 Å². The molecule has 1 aliphatic rings. The molecule has 1 atom stereocenters. The second-order valence-corrected chi connectivity index (χ2v) is 6.04. The summed E-state index contributed by atoms with van der Waals surface area (Å²) in [5.74, 6) is 0.00289. The number of carbonyl (C=O) groups excluding carboxylic acids is 1. The van der Waals surface area contributed by atoms with Crippen LogP contribution in [0.15, 0.2) is 46.9 Å². The monoisotopic (exact) mass is 351 g/mol. The van der Waals surface area contributed by atoms with E-state index in [1.807, 2.05) is 47.8 Å². The van der Waals surface area contributed by atoms with Crippen LogP contribution in [0.3, 0.4) is 0 Å². The van der Waals surface area contributed by atoms with Crippen molar-refractivity contribution in [3.63, 3.8) is 0 Å². The number of hydrogen-bond acceptors (Lipinski definition) is 1. The predicted octanol–water partition coefficient (Wildman–Crippen LogP) is 2.71. The highest BCUT2D eigenvalue weighted by Gasteiger charge is 2.27. The van der Waals surface area contributed by atoms with Gasteiger partial charge in [-0.2, -0.15) is 0 Å². The number of rotatable bonds is 1. The molecule has 0 bridgehead atoms. The zero-order chi connectivity index (χ0) is 14.1. The van der Waals surface area contributed by atoms with Crippen LogP contribution in [0.1, 0.15) is 17.2 Å². The van der Waals surface area contributed by atoms with Crippen LogP contribution in [0.5, 0.6) is 0 Å². The van der Waals surface area contributed by atoms with Gasteiger partial charge in [0.25, 0.3) is 5.91 Å². The highest BCUT2D eigenvalue weighted by Crippen LogP contribution is 2.32. The lowest BCUT2D eigenvalue weighted by Crippen LogP contribution is -2.86. The van der Waals surface area contributed by atoms with Crippen LogP contribution in [0.4, 0.5) is 5.69 Å². The van der Waals surface area contributed by atoms with Gasteiger partial charge in [0, 0.05) is 15.6 Å². The fourth-order valence-electron chi connectivity index (χ4n) is 2.48. The van der Waals surface area contributed by atoms with E-state index in [9.17, 15) is 4.79 Å². The molecule has 0 fully saturated rings. The number of anilines is 1. The average Bonchev–Trinajstić information content (AvgIpc) is 2.58. The molecule has 1 aliphatic heterocycles. The first-order valence-electron chi connectivity index (χ1n) is 6.32. The van der Waals surface area contributed by atoms with E-state index in [0.717, 1.165) is 21.3 Å². The number of hydrogen-bond donors (Lipinski definition) is 2. The fourth-order valence-corrected chi connectivity index (χ4v) is 3.11. The van der Waals surface area contributed by atoms with Crippen molar-refractivity contribution in [3.8, 4) is 0 Å². The second-order valence-electron chi connectivity index (χ2n) is 4.72. The van der Waals surface area contributed by atoms with Crippen LogP contribution in [0.25, 0.3) is 0 Å². The van der Waals surface area contributed by atoms with E-state index in [0.29, 0.717) is 11.6 Å². The Morgan fingerprint density at radius 3 is 2.80 bits per heavy atom. The Morgan fingerprint density at radius 1 is 1.20 bits per heavy atom. The molecule has 3 N–H and O–H groups in total. The molecule has 5 heteroatoms. The minimum absolute atomic E-state index is 0.00289. The number of carbonyl (C=O) groups is 1. The number of halogens is 2. The van der Waals surface area contributed by atoms with Gasteiger partial charge in [0.05, 0.1) is 10.7 Å². The van der Waals surface area contributed by atoms with Gasteiger partial charge >= 0.3 is 0 Å². The van der Waals surface area contributed by atoms with Gasteiger partial charge in [-0.05, 0) is 24.3 Å². The van der Waals surface area contributed by atoms with E-state index in [1.165, 1.54) is 0 Å². The summed E-state index contributed by atoms with van der Waals surface area (Å²) in [7, 11) is 0. The van der Waals surface area contributed by atoms with Crippen molar-refractivity contribution in [1.82, 2.24) is 0 Å².